The highest BCUT2D eigenvalue weighted by molar-refractivity contribution is 5.55. The van der Waals surface area contributed by atoms with Crippen LogP contribution in [0.15, 0.2) is 29.8 Å². The Morgan fingerprint density at radius 2 is 1.70 bits per heavy atom. The smallest absolute Gasteiger partial charge is 0.184 e. The first kappa shape index (κ1) is 12.6. The first-order chi connectivity index (χ1) is 9.88. The van der Waals surface area contributed by atoms with Gasteiger partial charge in [-0.15, -0.1) is 0 Å². The van der Waals surface area contributed by atoms with E-state index in [4.69, 9.17) is 9.47 Å². The van der Waals surface area contributed by atoms with Crippen LogP contribution >= 0.6 is 0 Å². The highest BCUT2D eigenvalue weighted by Crippen LogP contribution is 2.33. The molecule has 106 valence electrons. The molecule has 0 radical (unpaired) electrons. The van der Waals surface area contributed by atoms with Crippen LogP contribution in [-0.4, -0.2) is 37.7 Å². The second-order valence-electron chi connectivity index (χ2n) is 6.01. The van der Waals surface area contributed by atoms with Crippen LogP contribution in [0.2, 0.25) is 0 Å². The van der Waals surface area contributed by atoms with E-state index in [1.165, 1.54) is 38.0 Å². The molecule has 1 aromatic carbocycles. The third-order valence-corrected chi connectivity index (χ3v) is 4.70. The number of rotatable bonds is 2. The van der Waals surface area contributed by atoms with E-state index >= 15 is 0 Å². The van der Waals surface area contributed by atoms with Gasteiger partial charge in [-0.05, 0) is 37.4 Å². The highest BCUT2D eigenvalue weighted by atomic mass is 16.7. The van der Waals surface area contributed by atoms with Crippen molar-refractivity contribution >= 4 is 6.08 Å². The minimum absolute atomic E-state index is 0.159. The molecular weight excluding hydrogens is 250 g/mol. The summed E-state index contributed by atoms with van der Waals surface area (Å²) >= 11 is 0. The Labute approximate surface area is 120 Å². The quantitative estimate of drug-likeness (QED) is 0.825. The molecule has 4 saturated heterocycles. The van der Waals surface area contributed by atoms with Gasteiger partial charge in [0.05, 0.1) is 13.2 Å². The number of fused-ring (bicyclic) bond motifs is 3. The molecule has 0 N–H and O–H groups in total. The summed E-state index contributed by atoms with van der Waals surface area (Å²) in [5.74, 6) is 0.821. The minimum atomic E-state index is -0.159. The lowest BCUT2D eigenvalue weighted by atomic mass is 9.83. The molecule has 4 aliphatic rings. The van der Waals surface area contributed by atoms with E-state index in [1.807, 2.05) is 0 Å². The predicted octanol–water partition coefficient (Wildman–Crippen LogP) is 2.84. The SMILES string of the molecule is C(=C1\CN2CCC1CC2)/c1ccc(C2OCCO2)cc1. The molecule has 4 fully saturated rings. The van der Waals surface area contributed by atoms with Crippen LogP contribution in [0, 0.1) is 5.92 Å². The number of ether oxygens (including phenoxy) is 2. The molecule has 2 bridgehead atoms. The number of piperidine rings is 3. The van der Waals surface area contributed by atoms with Crippen molar-refractivity contribution in [3.63, 3.8) is 0 Å². The van der Waals surface area contributed by atoms with E-state index in [0.29, 0.717) is 13.2 Å². The molecular formula is C17H21NO2. The molecule has 0 spiro atoms. The molecule has 4 heterocycles. The fourth-order valence-electron chi connectivity index (χ4n) is 3.53. The van der Waals surface area contributed by atoms with E-state index in [9.17, 15) is 0 Å². The summed E-state index contributed by atoms with van der Waals surface area (Å²) in [4.78, 5) is 2.57. The zero-order valence-electron chi connectivity index (χ0n) is 11.8. The maximum absolute atomic E-state index is 5.52. The van der Waals surface area contributed by atoms with Crippen molar-refractivity contribution in [2.75, 3.05) is 32.8 Å². The van der Waals surface area contributed by atoms with E-state index < -0.39 is 0 Å². The molecule has 4 aliphatic heterocycles. The Kier molecular flexibility index (Phi) is 3.34. The summed E-state index contributed by atoms with van der Waals surface area (Å²) in [7, 11) is 0. The van der Waals surface area contributed by atoms with Crippen molar-refractivity contribution in [1.29, 1.82) is 0 Å². The zero-order valence-corrected chi connectivity index (χ0v) is 11.8. The second kappa shape index (κ2) is 5.32. The van der Waals surface area contributed by atoms with Crippen LogP contribution in [0.3, 0.4) is 0 Å². The second-order valence-corrected chi connectivity index (χ2v) is 6.01. The van der Waals surface area contributed by atoms with Crippen LogP contribution in [0.4, 0.5) is 0 Å². The van der Waals surface area contributed by atoms with E-state index in [2.05, 4.69) is 35.2 Å². The maximum Gasteiger partial charge on any atom is 0.184 e. The number of nitrogens with zero attached hydrogens (tertiary/aromatic N) is 1. The molecule has 0 atom stereocenters. The van der Waals surface area contributed by atoms with Crippen molar-refractivity contribution in [3.05, 3.63) is 41.0 Å². The van der Waals surface area contributed by atoms with Gasteiger partial charge in [0.1, 0.15) is 0 Å². The predicted molar refractivity (Wildman–Crippen MR) is 78.2 cm³/mol. The molecule has 5 rings (SSSR count). The standard InChI is InChI=1S/C17H21NO2/c1-3-15(17-19-9-10-20-17)4-2-13(1)11-16-12-18-7-5-14(16)6-8-18/h1-4,11,14,17H,5-10,12H2/b16-11-. The Morgan fingerprint density at radius 3 is 2.30 bits per heavy atom. The minimum Gasteiger partial charge on any atom is -0.346 e. The summed E-state index contributed by atoms with van der Waals surface area (Å²) in [6.45, 7) is 5.15. The number of hydrogen-bond acceptors (Lipinski definition) is 3. The molecule has 0 aromatic heterocycles. The highest BCUT2D eigenvalue weighted by Gasteiger charge is 2.29. The van der Waals surface area contributed by atoms with E-state index in [-0.39, 0.29) is 6.29 Å². The van der Waals surface area contributed by atoms with Gasteiger partial charge in [0.2, 0.25) is 0 Å². The van der Waals surface area contributed by atoms with Gasteiger partial charge in [0.15, 0.2) is 6.29 Å². The molecule has 0 amide bonds. The van der Waals surface area contributed by atoms with Crippen molar-refractivity contribution in [2.24, 2.45) is 5.92 Å². The molecule has 0 saturated carbocycles. The lowest BCUT2D eigenvalue weighted by Gasteiger charge is -2.41. The van der Waals surface area contributed by atoms with Gasteiger partial charge in [-0.25, -0.2) is 0 Å². The van der Waals surface area contributed by atoms with Gasteiger partial charge in [-0.3, -0.25) is 4.90 Å². The van der Waals surface area contributed by atoms with E-state index in [1.54, 1.807) is 5.57 Å². The first-order valence-electron chi connectivity index (χ1n) is 7.64. The monoisotopic (exact) mass is 271 g/mol. The van der Waals surface area contributed by atoms with Gasteiger partial charge >= 0.3 is 0 Å². The molecule has 20 heavy (non-hydrogen) atoms. The van der Waals surface area contributed by atoms with Crippen molar-refractivity contribution in [2.45, 2.75) is 19.1 Å². The lowest BCUT2D eigenvalue weighted by Crippen LogP contribution is -2.42. The average Bonchev–Trinajstić information content (AvgIpc) is 3.04. The summed E-state index contributed by atoms with van der Waals surface area (Å²) in [5.41, 5.74) is 4.04. The fourth-order valence-corrected chi connectivity index (χ4v) is 3.53. The summed E-state index contributed by atoms with van der Waals surface area (Å²) in [6.07, 6.45) is 4.91. The van der Waals surface area contributed by atoms with Gasteiger partial charge in [-0.2, -0.15) is 0 Å². The Bertz CT molecular complexity index is 494. The third-order valence-electron chi connectivity index (χ3n) is 4.70. The Balaban J connectivity index is 1.51. The summed E-state index contributed by atoms with van der Waals surface area (Å²) in [6, 6.07) is 8.63. The summed E-state index contributed by atoms with van der Waals surface area (Å²) in [5, 5.41) is 0. The fraction of sp³-hybridized carbons (Fsp3) is 0.529. The molecule has 3 nitrogen and oxygen atoms in total. The number of benzene rings is 1. The zero-order chi connectivity index (χ0) is 13.4. The largest absolute Gasteiger partial charge is 0.346 e. The Morgan fingerprint density at radius 1 is 1.00 bits per heavy atom. The van der Waals surface area contributed by atoms with Crippen molar-refractivity contribution in [1.82, 2.24) is 4.90 Å². The van der Waals surface area contributed by atoms with Gasteiger partial charge < -0.3 is 9.47 Å². The van der Waals surface area contributed by atoms with Crippen LogP contribution in [0.5, 0.6) is 0 Å². The normalized spacial score (nSPS) is 32.1. The van der Waals surface area contributed by atoms with Crippen LogP contribution in [-0.2, 0) is 9.47 Å². The molecule has 3 heteroatoms. The van der Waals surface area contributed by atoms with Crippen LogP contribution in [0.25, 0.3) is 6.08 Å². The lowest BCUT2D eigenvalue weighted by molar-refractivity contribution is -0.0441. The van der Waals surface area contributed by atoms with Crippen molar-refractivity contribution < 1.29 is 9.47 Å². The molecule has 1 aromatic rings. The van der Waals surface area contributed by atoms with Gasteiger partial charge in [0, 0.05) is 12.1 Å². The third kappa shape index (κ3) is 2.41. The molecule has 0 aliphatic carbocycles. The number of hydrogen-bond donors (Lipinski definition) is 0. The first-order valence-corrected chi connectivity index (χ1v) is 7.64. The van der Waals surface area contributed by atoms with Crippen LogP contribution < -0.4 is 0 Å². The van der Waals surface area contributed by atoms with Gasteiger partial charge in [0.25, 0.3) is 0 Å². The van der Waals surface area contributed by atoms with Crippen molar-refractivity contribution in [3.8, 4) is 0 Å². The Hall–Kier alpha value is -1.16. The topological polar surface area (TPSA) is 21.7 Å². The van der Waals surface area contributed by atoms with E-state index in [0.717, 1.165) is 11.5 Å². The van der Waals surface area contributed by atoms with Gasteiger partial charge in [-0.1, -0.05) is 35.9 Å². The maximum atomic E-state index is 5.52. The molecule has 0 unspecified atom stereocenters. The van der Waals surface area contributed by atoms with Crippen LogP contribution in [0.1, 0.15) is 30.3 Å². The summed E-state index contributed by atoms with van der Waals surface area (Å²) < 4.78 is 11.0. The average molecular weight is 271 g/mol.